The number of benzene rings is 2. The molecule has 0 atom stereocenters. The first-order chi connectivity index (χ1) is 12.7. The first kappa shape index (κ1) is 19.5. The second-order valence-corrected chi connectivity index (χ2v) is 5.92. The first-order valence-corrected chi connectivity index (χ1v) is 8.89. The normalized spacial score (nSPS) is 10.7. The van der Waals surface area contributed by atoms with Crippen LogP contribution in [0.15, 0.2) is 53.6 Å². The molecule has 0 fully saturated rings. The summed E-state index contributed by atoms with van der Waals surface area (Å²) in [6.45, 7) is 2.83. The molecule has 138 valence electrons. The molecule has 2 aromatic carbocycles. The van der Waals surface area contributed by atoms with Gasteiger partial charge in [-0.2, -0.15) is 5.10 Å². The third-order valence-corrected chi connectivity index (χ3v) is 3.80. The minimum Gasteiger partial charge on any atom is -0.493 e. The summed E-state index contributed by atoms with van der Waals surface area (Å²) in [5.74, 6) is 1.21. The summed E-state index contributed by atoms with van der Waals surface area (Å²) in [6, 6.07) is 15.1. The van der Waals surface area contributed by atoms with Crippen LogP contribution in [0.25, 0.3) is 0 Å². The number of unbranched alkanes of at least 4 members (excludes halogenated alkanes) is 2. The Morgan fingerprint density at radius 3 is 2.65 bits per heavy atom. The summed E-state index contributed by atoms with van der Waals surface area (Å²) in [4.78, 5) is 11.9. The molecule has 0 radical (unpaired) electrons. The molecule has 0 spiro atoms. The Hall–Kier alpha value is -2.82. The van der Waals surface area contributed by atoms with Gasteiger partial charge in [0.25, 0.3) is 0 Å². The van der Waals surface area contributed by atoms with E-state index in [9.17, 15) is 4.79 Å². The fourth-order valence-corrected chi connectivity index (χ4v) is 2.42. The lowest BCUT2D eigenvalue weighted by atomic mass is 10.1. The van der Waals surface area contributed by atoms with Crippen LogP contribution in [0.4, 0.5) is 0 Å². The van der Waals surface area contributed by atoms with Gasteiger partial charge in [-0.05, 0) is 35.7 Å². The van der Waals surface area contributed by atoms with Gasteiger partial charge in [0.2, 0.25) is 5.91 Å². The summed E-state index contributed by atoms with van der Waals surface area (Å²) in [5.41, 5.74) is 4.31. The van der Waals surface area contributed by atoms with Gasteiger partial charge in [0, 0.05) is 0 Å². The van der Waals surface area contributed by atoms with Crippen LogP contribution in [0.3, 0.4) is 0 Å². The molecule has 2 aromatic rings. The highest BCUT2D eigenvalue weighted by molar-refractivity contribution is 5.84. The zero-order valence-corrected chi connectivity index (χ0v) is 15.4. The van der Waals surface area contributed by atoms with Gasteiger partial charge in [-0.25, -0.2) is 5.43 Å². The minimum absolute atomic E-state index is 0.157. The molecule has 0 aliphatic rings. The van der Waals surface area contributed by atoms with Crippen LogP contribution in [-0.4, -0.2) is 25.8 Å². The van der Waals surface area contributed by atoms with Crippen molar-refractivity contribution in [2.45, 2.75) is 32.6 Å². The standard InChI is InChI=1S/C21H26N2O3/c1-3-4-8-13-26-19-12-11-18(14-20(19)25-2)16-22-23-21(24)15-17-9-6-5-7-10-17/h5-7,9-12,14,16H,3-4,8,13,15H2,1-2H3,(H,23,24)/b22-16-. The van der Waals surface area contributed by atoms with E-state index in [0.717, 1.165) is 30.4 Å². The molecular weight excluding hydrogens is 328 g/mol. The van der Waals surface area contributed by atoms with Crippen molar-refractivity contribution in [3.05, 3.63) is 59.7 Å². The van der Waals surface area contributed by atoms with Crippen molar-refractivity contribution >= 4 is 12.1 Å². The highest BCUT2D eigenvalue weighted by Gasteiger charge is 2.05. The fraction of sp³-hybridized carbons (Fsp3) is 0.333. The molecule has 0 unspecified atom stereocenters. The van der Waals surface area contributed by atoms with Gasteiger partial charge in [0.05, 0.1) is 26.4 Å². The molecule has 0 heterocycles. The highest BCUT2D eigenvalue weighted by atomic mass is 16.5. The predicted octanol–water partition coefficient (Wildman–Crippen LogP) is 3.96. The minimum atomic E-state index is -0.157. The van der Waals surface area contributed by atoms with Gasteiger partial charge in [-0.1, -0.05) is 50.1 Å². The topological polar surface area (TPSA) is 59.9 Å². The van der Waals surface area contributed by atoms with Crippen molar-refractivity contribution in [3.8, 4) is 11.5 Å². The smallest absolute Gasteiger partial charge is 0.244 e. The van der Waals surface area contributed by atoms with Crippen molar-refractivity contribution in [2.24, 2.45) is 5.10 Å². The second kappa shape index (κ2) is 10.9. The van der Waals surface area contributed by atoms with Crippen molar-refractivity contribution in [1.29, 1.82) is 0 Å². The van der Waals surface area contributed by atoms with Crippen molar-refractivity contribution in [2.75, 3.05) is 13.7 Å². The van der Waals surface area contributed by atoms with Gasteiger partial charge in [-0.15, -0.1) is 0 Å². The second-order valence-electron chi connectivity index (χ2n) is 5.92. The Labute approximate surface area is 155 Å². The number of hydrazone groups is 1. The van der Waals surface area contributed by atoms with Crippen LogP contribution >= 0.6 is 0 Å². The Balaban J connectivity index is 1.88. The summed E-state index contributed by atoms with van der Waals surface area (Å²) in [7, 11) is 1.61. The Kier molecular flexibility index (Phi) is 8.19. The van der Waals surface area contributed by atoms with E-state index >= 15 is 0 Å². The molecule has 0 saturated heterocycles. The van der Waals surface area contributed by atoms with Crippen LogP contribution < -0.4 is 14.9 Å². The monoisotopic (exact) mass is 354 g/mol. The van der Waals surface area contributed by atoms with E-state index in [1.807, 2.05) is 48.5 Å². The maximum atomic E-state index is 11.9. The van der Waals surface area contributed by atoms with E-state index in [1.165, 1.54) is 0 Å². The predicted molar refractivity (Wildman–Crippen MR) is 104 cm³/mol. The highest BCUT2D eigenvalue weighted by Crippen LogP contribution is 2.27. The van der Waals surface area contributed by atoms with E-state index in [0.29, 0.717) is 24.5 Å². The lowest BCUT2D eigenvalue weighted by molar-refractivity contribution is -0.120. The average molecular weight is 354 g/mol. The van der Waals surface area contributed by atoms with Crippen molar-refractivity contribution < 1.29 is 14.3 Å². The average Bonchev–Trinajstić information content (AvgIpc) is 2.66. The Bertz CT molecular complexity index is 714. The van der Waals surface area contributed by atoms with Crippen LogP contribution in [0, 0.1) is 0 Å². The lowest BCUT2D eigenvalue weighted by Gasteiger charge is -2.11. The number of ether oxygens (including phenoxy) is 2. The van der Waals surface area contributed by atoms with E-state index in [1.54, 1.807) is 13.3 Å². The van der Waals surface area contributed by atoms with Crippen LogP contribution in [-0.2, 0) is 11.2 Å². The van der Waals surface area contributed by atoms with Crippen LogP contribution in [0.2, 0.25) is 0 Å². The molecule has 1 amide bonds. The Morgan fingerprint density at radius 2 is 1.92 bits per heavy atom. The molecule has 0 aliphatic carbocycles. The number of carbonyl (C=O) groups is 1. The number of nitrogens with zero attached hydrogens (tertiary/aromatic N) is 1. The van der Waals surface area contributed by atoms with Crippen LogP contribution in [0.1, 0.15) is 37.3 Å². The quantitative estimate of drug-likeness (QED) is 0.399. The molecule has 0 saturated carbocycles. The summed E-state index contributed by atoms with van der Waals surface area (Å²) in [6.07, 6.45) is 5.22. The molecule has 5 heteroatoms. The molecular formula is C21H26N2O3. The zero-order valence-electron chi connectivity index (χ0n) is 15.4. The van der Waals surface area contributed by atoms with E-state index in [4.69, 9.17) is 9.47 Å². The Morgan fingerprint density at radius 1 is 1.12 bits per heavy atom. The third kappa shape index (κ3) is 6.59. The maximum Gasteiger partial charge on any atom is 0.244 e. The lowest BCUT2D eigenvalue weighted by Crippen LogP contribution is -2.19. The molecule has 0 aliphatic heterocycles. The number of hydrogen-bond donors (Lipinski definition) is 1. The number of methoxy groups -OCH3 is 1. The zero-order chi connectivity index (χ0) is 18.6. The van der Waals surface area contributed by atoms with Gasteiger partial charge < -0.3 is 9.47 Å². The number of carbonyl (C=O) groups excluding carboxylic acids is 1. The number of rotatable bonds is 10. The SMILES string of the molecule is CCCCCOc1ccc(/C=N\NC(=O)Cc2ccccc2)cc1OC. The number of amides is 1. The largest absolute Gasteiger partial charge is 0.493 e. The van der Waals surface area contributed by atoms with E-state index < -0.39 is 0 Å². The summed E-state index contributed by atoms with van der Waals surface area (Å²) < 4.78 is 11.1. The fourth-order valence-electron chi connectivity index (χ4n) is 2.42. The molecule has 0 aromatic heterocycles. The summed E-state index contributed by atoms with van der Waals surface area (Å²) >= 11 is 0. The van der Waals surface area contributed by atoms with E-state index in [-0.39, 0.29) is 5.91 Å². The number of nitrogens with one attached hydrogen (secondary N) is 1. The maximum absolute atomic E-state index is 11.9. The van der Waals surface area contributed by atoms with Gasteiger partial charge in [0.1, 0.15) is 0 Å². The molecule has 1 N–H and O–H groups in total. The molecule has 5 nitrogen and oxygen atoms in total. The van der Waals surface area contributed by atoms with Crippen molar-refractivity contribution in [1.82, 2.24) is 5.43 Å². The van der Waals surface area contributed by atoms with Gasteiger partial charge >= 0.3 is 0 Å². The van der Waals surface area contributed by atoms with Gasteiger partial charge in [-0.3, -0.25) is 4.79 Å². The molecule has 0 bridgehead atoms. The van der Waals surface area contributed by atoms with Gasteiger partial charge in [0.15, 0.2) is 11.5 Å². The molecule has 26 heavy (non-hydrogen) atoms. The summed E-state index contributed by atoms with van der Waals surface area (Å²) in [5, 5.41) is 4.01. The first-order valence-electron chi connectivity index (χ1n) is 8.89. The van der Waals surface area contributed by atoms with E-state index in [2.05, 4.69) is 17.5 Å². The molecule has 2 rings (SSSR count). The third-order valence-electron chi connectivity index (χ3n) is 3.80. The number of hydrogen-bond acceptors (Lipinski definition) is 4. The van der Waals surface area contributed by atoms with Crippen molar-refractivity contribution in [3.63, 3.8) is 0 Å². The van der Waals surface area contributed by atoms with Crippen LogP contribution in [0.5, 0.6) is 11.5 Å².